The summed E-state index contributed by atoms with van der Waals surface area (Å²) in [4.78, 5) is 52.7. The standard InChI is InChI=1S/C29H29FN4O7/c1-33-7-5-19(12-27(33)36)29(38)34-8-6-23-22(15-34)32-28(37)18-3-4-24(39-2)25(11-18)40-16-26(35)31-14-17-9-20(30)13-21(10-17)41-23/h3-5,7,9-13,22-23H,6,8,14-16H2,1-2H3,(H,31,35)(H,32,37)/t22-,23+/m0/s1. The maximum atomic E-state index is 14.5. The van der Waals surface area contributed by atoms with Crippen molar-refractivity contribution in [2.75, 3.05) is 26.8 Å². The van der Waals surface area contributed by atoms with Gasteiger partial charge in [0.2, 0.25) is 0 Å². The largest absolute Gasteiger partial charge is 0.493 e. The van der Waals surface area contributed by atoms with Crippen molar-refractivity contribution in [3.8, 4) is 17.2 Å². The Labute approximate surface area is 234 Å². The van der Waals surface area contributed by atoms with Gasteiger partial charge in [-0.05, 0) is 42.0 Å². The highest BCUT2D eigenvalue weighted by Crippen LogP contribution is 2.29. The highest BCUT2D eigenvalue weighted by Gasteiger charge is 2.35. The lowest BCUT2D eigenvalue weighted by atomic mass is 10.00. The van der Waals surface area contributed by atoms with Gasteiger partial charge in [0.25, 0.3) is 23.3 Å². The molecule has 41 heavy (non-hydrogen) atoms. The van der Waals surface area contributed by atoms with Crippen LogP contribution in [0.15, 0.2) is 59.5 Å². The molecule has 5 rings (SSSR count). The lowest BCUT2D eigenvalue weighted by Crippen LogP contribution is -2.58. The Bertz CT molecular complexity index is 1560. The molecule has 0 unspecified atom stereocenters. The normalized spacial score (nSPS) is 19.1. The SMILES string of the molecule is COc1ccc2cc1OCC(=O)NCc1cc(F)cc(c1)O[C@@H]1CCN(C(=O)c3ccn(C)c(=O)c3)C[C@@H]1NC2=O. The molecule has 2 aromatic carbocycles. The molecule has 2 aliphatic heterocycles. The van der Waals surface area contributed by atoms with Crippen LogP contribution in [0.5, 0.6) is 17.2 Å². The number of methoxy groups -OCH3 is 1. The van der Waals surface area contributed by atoms with Crippen LogP contribution in [0.3, 0.4) is 0 Å². The summed E-state index contributed by atoms with van der Waals surface area (Å²) >= 11 is 0. The number of nitrogens with one attached hydrogen (secondary N) is 2. The number of amides is 3. The van der Waals surface area contributed by atoms with Gasteiger partial charge in [0.15, 0.2) is 18.1 Å². The molecule has 2 aliphatic rings. The second kappa shape index (κ2) is 11.7. The van der Waals surface area contributed by atoms with E-state index < -0.39 is 29.8 Å². The quantitative estimate of drug-likeness (QED) is 0.484. The third-order valence-corrected chi connectivity index (χ3v) is 7.00. The molecule has 3 amide bonds. The van der Waals surface area contributed by atoms with Crippen molar-refractivity contribution >= 4 is 17.7 Å². The van der Waals surface area contributed by atoms with Crippen molar-refractivity contribution in [2.24, 2.45) is 7.05 Å². The number of carbonyl (C=O) groups excluding carboxylic acids is 3. The number of likely N-dealkylation sites (tertiary alicyclic amines) is 1. The first kappa shape index (κ1) is 27.7. The highest BCUT2D eigenvalue weighted by atomic mass is 19.1. The lowest BCUT2D eigenvalue weighted by Gasteiger charge is -2.39. The molecule has 0 radical (unpaired) electrons. The van der Waals surface area contributed by atoms with Gasteiger partial charge in [-0.15, -0.1) is 0 Å². The molecule has 2 N–H and O–H groups in total. The van der Waals surface area contributed by atoms with Crippen molar-refractivity contribution in [2.45, 2.75) is 25.1 Å². The van der Waals surface area contributed by atoms with E-state index in [0.717, 1.165) is 0 Å². The first-order valence-corrected chi connectivity index (χ1v) is 13.0. The molecule has 4 bridgehead atoms. The molecule has 1 aromatic heterocycles. The van der Waals surface area contributed by atoms with Crippen LogP contribution in [-0.4, -0.2) is 66.1 Å². The van der Waals surface area contributed by atoms with E-state index in [1.807, 2.05) is 0 Å². The van der Waals surface area contributed by atoms with Crippen LogP contribution in [0.2, 0.25) is 0 Å². The monoisotopic (exact) mass is 564 g/mol. The van der Waals surface area contributed by atoms with Crippen LogP contribution in [0.1, 0.15) is 32.7 Å². The molecule has 1 fully saturated rings. The van der Waals surface area contributed by atoms with E-state index in [0.29, 0.717) is 17.7 Å². The van der Waals surface area contributed by atoms with Gasteiger partial charge in [-0.2, -0.15) is 0 Å². The number of hydrogen-bond donors (Lipinski definition) is 2. The number of hydrogen-bond acceptors (Lipinski definition) is 7. The van der Waals surface area contributed by atoms with Gasteiger partial charge in [0.05, 0.1) is 13.2 Å². The fraction of sp³-hybridized carbons (Fsp3) is 0.310. The van der Waals surface area contributed by atoms with Gasteiger partial charge in [-0.25, -0.2) is 4.39 Å². The average molecular weight is 565 g/mol. The van der Waals surface area contributed by atoms with Crippen molar-refractivity contribution < 1.29 is 33.0 Å². The number of nitrogens with zero attached hydrogens (tertiary/aromatic N) is 2. The van der Waals surface area contributed by atoms with Gasteiger partial charge >= 0.3 is 0 Å². The van der Waals surface area contributed by atoms with Crippen LogP contribution in [0.25, 0.3) is 0 Å². The molecule has 214 valence electrons. The number of aromatic nitrogens is 1. The summed E-state index contributed by atoms with van der Waals surface area (Å²) in [6.07, 6.45) is 1.23. The smallest absolute Gasteiger partial charge is 0.258 e. The summed E-state index contributed by atoms with van der Waals surface area (Å²) in [6, 6.07) is 10.8. The van der Waals surface area contributed by atoms with Crippen molar-refractivity contribution in [3.05, 3.63) is 87.6 Å². The van der Waals surface area contributed by atoms with E-state index in [-0.39, 0.29) is 60.3 Å². The minimum absolute atomic E-state index is 0.0388. The van der Waals surface area contributed by atoms with Crippen molar-refractivity contribution in [1.29, 1.82) is 0 Å². The minimum atomic E-state index is -0.683. The molecule has 0 saturated carbocycles. The molecular weight excluding hydrogens is 535 g/mol. The third kappa shape index (κ3) is 6.32. The Balaban J connectivity index is 1.47. The van der Waals surface area contributed by atoms with Crippen LogP contribution in [-0.2, 0) is 18.4 Å². The lowest BCUT2D eigenvalue weighted by molar-refractivity contribution is -0.123. The number of aryl methyl sites for hydroxylation is 1. The van der Waals surface area contributed by atoms with Gasteiger partial charge in [0.1, 0.15) is 17.7 Å². The Hall–Kier alpha value is -4.87. The molecule has 12 heteroatoms. The van der Waals surface area contributed by atoms with E-state index in [2.05, 4.69) is 10.6 Å². The van der Waals surface area contributed by atoms with Gasteiger partial charge in [0, 0.05) is 62.6 Å². The topological polar surface area (TPSA) is 128 Å². The second-order valence-electron chi connectivity index (χ2n) is 9.87. The zero-order valence-corrected chi connectivity index (χ0v) is 22.5. The zero-order valence-electron chi connectivity index (χ0n) is 22.5. The minimum Gasteiger partial charge on any atom is -0.493 e. The molecule has 0 spiro atoms. The van der Waals surface area contributed by atoms with Crippen LogP contribution < -0.4 is 30.4 Å². The fourth-order valence-electron chi connectivity index (χ4n) is 4.80. The molecule has 11 nitrogen and oxygen atoms in total. The molecule has 3 heterocycles. The van der Waals surface area contributed by atoms with Crippen molar-refractivity contribution in [1.82, 2.24) is 20.1 Å². The summed E-state index contributed by atoms with van der Waals surface area (Å²) < 4.78 is 33.0. The second-order valence-corrected chi connectivity index (χ2v) is 9.87. The predicted molar refractivity (Wildman–Crippen MR) is 145 cm³/mol. The van der Waals surface area contributed by atoms with Gasteiger partial charge < -0.3 is 34.3 Å². The van der Waals surface area contributed by atoms with E-state index >= 15 is 0 Å². The van der Waals surface area contributed by atoms with Gasteiger partial charge in [-0.1, -0.05) is 0 Å². The first-order chi connectivity index (χ1) is 19.7. The summed E-state index contributed by atoms with van der Waals surface area (Å²) in [7, 11) is 3.03. The number of piperidine rings is 1. The van der Waals surface area contributed by atoms with E-state index in [9.17, 15) is 23.6 Å². The summed E-state index contributed by atoms with van der Waals surface area (Å²) in [5, 5.41) is 5.62. The Kier molecular flexibility index (Phi) is 7.90. The maximum absolute atomic E-state index is 14.5. The van der Waals surface area contributed by atoms with E-state index in [1.54, 1.807) is 36.2 Å². The number of benzene rings is 2. The van der Waals surface area contributed by atoms with Crippen LogP contribution in [0, 0.1) is 5.82 Å². The first-order valence-electron chi connectivity index (χ1n) is 13.0. The number of halogens is 1. The molecule has 1 saturated heterocycles. The predicted octanol–water partition coefficient (Wildman–Crippen LogP) is 1.63. The number of carbonyl (C=O) groups is 3. The molecule has 3 aromatic rings. The molecular formula is C29H29FN4O7. The van der Waals surface area contributed by atoms with E-state index in [4.69, 9.17) is 14.2 Å². The zero-order chi connectivity index (χ0) is 29.1. The maximum Gasteiger partial charge on any atom is 0.258 e. The van der Waals surface area contributed by atoms with E-state index in [1.165, 1.54) is 42.1 Å². The number of pyridine rings is 1. The number of fused-ring (bicyclic) bond motifs is 5. The average Bonchev–Trinajstić information content (AvgIpc) is 2.96. The summed E-state index contributed by atoms with van der Waals surface area (Å²) in [5.74, 6) is -1.09. The van der Waals surface area contributed by atoms with Crippen molar-refractivity contribution in [3.63, 3.8) is 0 Å². The Morgan fingerprint density at radius 3 is 2.71 bits per heavy atom. The molecule has 2 atom stereocenters. The molecule has 0 aliphatic carbocycles. The Morgan fingerprint density at radius 2 is 1.93 bits per heavy atom. The highest BCUT2D eigenvalue weighted by molar-refractivity contribution is 5.96. The van der Waals surface area contributed by atoms with Crippen LogP contribution >= 0.6 is 0 Å². The summed E-state index contributed by atoms with van der Waals surface area (Å²) in [5.41, 5.74) is 0.623. The fourth-order valence-corrected chi connectivity index (χ4v) is 4.80. The summed E-state index contributed by atoms with van der Waals surface area (Å²) in [6.45, 7) is 0.0492. The van der Waals surface area contributed by atoms with Crippen LogP contribution in [0.4, 0.5) is 4.39 Å². The van der Waals surface area contributed by atoms with Gasteiger partial charge in [-0.3, -0.25) is 19.2 Å². The number of ether oxygens (including phenoxy) is 3. The Morgan fingerprint density at radius 1 is 1.10 bits per heavy atom. The third-order valence-electron chi connectivity index (χ3n) is 7.00. The number of rotatable bonds is 2.